The molecular weight excluding hydrogens is 317 g/mol. The predicted molar refractivity (Wildman–Crippen MR) is 93.2 cm³/mol. The number of carboxylic acids is 1. The highest BCUT2D eigenvalue weighted by molar-refractivity contribution is 5.95. The molecule has 5 unspecified atom stereocenters. The van der Waals surface area contributed by atoms with Crippen molar-refractivity contribution in [1.29, 1.82) is 0 Å². The second-order valence-corrected chi connectivity index (χ2v) is 7.65. The zero-order valence-electron chi connectivity index (χ0n) is 13.8. The van der Waals surface area contributed by atoms with Crippen molar-refractivity contribution in [1.82, 2.24) is 0 Å². The van der Waals surface area contributed by atoms with Crippen molar-refractivity contribution in [2.75, 3.05) is 5.32 Å². The molecule has 2 aromatic rings. The van der Waals surface area contributed by atoms with E-state index in [2.05, 4.69) is 11.4 Å². The molecule has 2 aromatic carbocycles. The van der Waals surface area contributed by atoms with E-state index in [1.54, 1.807) is 12.1 Å². The number of hydrogen-bond donors (Lipinski definition) is 2. The first-order valence-electron chi connectivity index (χ1n) is 9.02. The standard InChI is InChI=1S/C21H20FNO2/c22-16-7-2-1-4-13(16)20-18-12-9-8-11(10-12)17(18)14-5-3-6-15(21(24)25)19(14)23-20/h1-7,11-12,17-18,20,23H,8-10H2,(H,24,25). The maximum atomic E-state index is 14.6. The summed E-state index contributed by atoms with van der Waals surface area (Å²) < 4.78 is 14.6. The summed E-state index contributed by atoms with van der Waals surface area (Å²) in [5.74, 6) is 0.713. The van der Waals surface area contributed by atoms with Gasteiger partial charge in [-0.3, -0.25) is 0 Å². The van der Waals surface area contributed by atoms with Crippen LogP contribution in [0.3, 0.4) is 0 Å². The van der Waals surface area contributed by atoms with E-state index in [1.807, 2.05) is 18.2 Å². The molecule has 5 rings (SSSR count). The number of aromatic carboxylic acids is 1. The van der Waals surface area contributed by atoms with Crippen LogP contribution in [-0.2, 0) is 0 Å². The summed E-state index contributed by atoms with van der Waals surface area (Å²) in [6, 6.07) is 12.3. The van der Waals surface area contributed by atoms with Gasteiger partial charge in [0.25, 0.3) is 0 Å². The number of hydrogen-bond acceptors (Lipinski definition) is 2. The van der Waals surface area contributed by atoms with Gasteiger partial charge in [-0.25, -0.2) is 9.18 Å². The lowest BCUT2D eigenvalue weighted by Gasteiger charge is -2.44. The lowest BCUT2D eigenvalue weighted by atomic mass is 9.67. The molecule has 2 fully saturated rings. The van der Waals surface area contributed by atoms with E-state index in [9.17, 15) is 14.3 Å². The number of halogens is 1. The van der Waals surface area contributed by atoms with Crippen LogP contribution in [0.1, 0.15) is 52.7 Å². The lowest BCUT2D eigenvalue weighted by molar-refractivity contribution is 0.0697. The third-order valence-corrected chi connectivity index (χ3v) is 6.59. The van der Waals surface area contributed by atoms with E-state index >= 15 is 0 Å². The van der Waals surface area contributed by atoms with Crippen LogP contribution in [0.4, 0.5) is 10.1 Å². The Morgan fingerprint density at radius 1 is 1.04 bits per heavy atom. The molecule has 4 heteroatoms. The number of carbonyl (C=O) groups is 1. The van der Waals surface area contributed by atoms with Gasteiger partial charge in [0.2, 0.25) is 0 Å². The van der Waals surface area contributed by atoms with Crippen molar-refractivity contribution >= 4 is 11.7 Å². The van der Waals surface area contributed by atoms with Gasteiger partial charge in [0.1, 0.15) is 5.82 Å². The summed E-state index contributed by atoms with van der Waals surface area (Å²) in [6.07, 6.45) is 3.58. The number of fused-ring (bicyclic) bond motifs is 7. The van der Waals surface area contributed by atoms with Gasteiger partial charge in [-0.2, -0.15) is 0 Å². The molecule has 1 aliphatic heterocycles. The maximum Gasteiger partial charge on any atom is 0.337 e. The third-order valence-electron chi connectivity index (χ3n) is 6.59. The van der Waals surface area contributed by atoms with Crippen LogP contribution in [0, 0.1) is 23.6 Å². The van der Waals surface area contributed by atoms with Crippen molar-refractivity contribution in [3.63, 3.8) is 0 Å². The van der Waals surface area contributed by atoms with Gasteiger partial charge in [-0.1, -0.05) is 30.3 Å². The fraction of sp³-hybridized carbons (Fsp3) is 0.381. The number of rotatable bonds is 2. The minimum absolute atomic E-state index is 0.158. The minimum atomic E-state index is -0.932. The summed E-state index contributed by atoms with van der Waals surface area (Å²) in [4.78, 5) is 11.7. The summed E-state index contributed by atoms with van der Waals surface area (Å²) >= 11 is 0. The largest absolute Gasteiger partial charge is 0.478 e. The van der Waals surface area contributed by atoms with Crippen LogP contribution in [0.5, 0.6) is 0 Å². The molecule has 128 valence electrons. The molecule has 0 spiro atoms. The van der Waals surface area contributed by atoms with Crippen LogP contribution in [-0.4, -0.2) is 11.1 Å². The van der Waals surface area contributed by atoms with Gasteiger partial charge in [0, 0.05) is 5.56 Å². The second-order valence-electron chi connectivity index (χ2n) is 7.65. The van der Waals surface area contributed by atoms with Gasteiger partial charge in [-0.05, 0) is 60.6 Å². The van der Waals surface area contributed by atoms with Crippen molar-refractivity contribution < 1.29 is 14.3 Å². The fourth-order valence-electron chi connectivity index (χ4n) is 5.73. The average Bonchev–Trinajstić information content (AvgIpc) is 3.23. The van der Waals surface area contributed by atoms with Crippen LogP contribution in [0.15, 0.2) is 42.5 Å². The van der Waals surface area contributed by atoms with E-state index in [1.165, 1.54) is 25.3 Å². The van der Waals surface area contributed by atoms with E-state index in [4.69, 9.17) is 0 Å². The number of para-hydroxylation sites is 1. The van der Waals surface area contributed by atoms with E-state index < -0.39 is 5.97 Å². The Morgan fingerprint density at radius 2 is 1.80 bits per heavy atom. The summed E-state index contributed by atoms with van der Waals surface area (Å²) in [5.41, 5.74) is 2.76. The number of benzene rings is 2. The number of carboxylic acid groups (broad SMARTS) is 1. The Hall–Kier alpha value is -2.36. The molecule has 3 nitrogen and oxygen atoms in total. The molecular formula is C21H20FNO2. The van der Waals surface area contributed by atoms with Gasteiger partial charge in [-0.15, -0.1) is 0 Å². The number of nitrogens with one attached hydrogen (secondary N) is 1. The van der Waals surface area contributed by atoms with Crippen molar-refractivity contribution in [2.45, 2.75) is 31.2 Å². The van der Waals surface area contributed by atoms with Crippen molar-refractivity contribution in [2.24, 2.45) is 17.8 Å². The molecule has 2 bridgehead atoms. The SMILES string of the molecule is O=C(O)c1cccc2c1NC(c1ccccc1F)C1C3CCC(C3)C21. The molecule has 0 radical (unpaired) electrons. The zero-order chi connectivity index (χ0) is 17.1. The minimum Gasteiger partial charge on any atom is -0.478 e. The summed E-state index contributed by atoms with van der Waals surface area (Å²) in [7, 11) is 0. The third kappa shape index (κ3) is 2.06. The summed E-state index contributed by atoms with van der Waals surface area (Å²) in [5, 5.41) is 13.1. The first-order valence-corrected chi connectivity index (χ1v) is 9.02. The second kappa shape index (κ2) is 5.32. The van der Waals surface area contributed by atoms with Gasteiger partial charge >= 0.3 is 5.97 Å². The highest BCUT2D eigenvalue weighted by atomic mass is 19.1. The first kappa shape index (κ1) is 14.9. The zero-order valence-corrected chi connectivity index (χ0v) is 13.8. The van der Waals surface area contributed by atoms with Gasteiger partial charge in [0.15, 0.2) is 0 Å². The molecule has 1 heterocycles. The van der Waals surface area contributed by atoms with Crippen LogP contribution in [0.2, 0.25) is 0 Å². The lowest BCUT2D eigenvalue weighted by Crippen LogP contribution is -2.36. The Morgan fingerprint density at radius 3 is 2.60 bits per heavy atom. The Balaban J connectivity index is 1.70. The molecule has 0 aromatic heterocycles. The Bertz CT molecular complexity index is 865. The van der Waals surface area contributed by atoms with Gasteiger partial charge < -0.3 is 10.4 Å². The van der Waals surface area contributed by atoms with Gasteiger partial charge in [0.05, 0.1) is 17.3 Å². The van der Waals surface area contributed by atoms with Crippen molar-refractivity contribution in [3.8, 4) is 0 Å². The summed E-state index contributed by atoms with van der Waals surface area (Å²) in [6.45, 7) is 0. The molecule has 5 atom stereocenters. The molecule has 2 aliphatic carbocycles. The monoisotopic (exact) mass is 337 g/mol. The van der Waals surface area contributed by atoms with E-state index in [0.717, 1.165) is 5.56 Å². The molecule has 0 amide bonds. The maximum absolute atomic E-state index is 14.6. The van der Waals surface area contributed by atoms with E-state index in [-0.39, 0.29) is 11.9 Å². The molecule has 3 aliphatic rings. The average molecular weight is 337 g/mol. The highest BCUT2D eigenvalue weighted by Gasteiger charge is 2.54. The molecule has 0 saturated heterocycles. The molecule has 25 heavy (non-hydrogen) atoms. The Labute approximate surface area is 145 Å². The van der Waals surface area contributed by atoms with Crippen LogP contribution in [0.25, 0.3) is 0 Å². The van der Waals surface area contributed by atoms with E-state index in [0.29, 0.717) is 40.5 Å². The van der Waals surface area contributed by atoms with Crippen LogP contribution < -0.4 is 5.32 Å². The predicted octanol–water partition coefficient (Wildman–Crippen LogP) is 4.82. The number of anilines is 1. The van der Waals surface area contributed by atoms with Crippen LogP contribution >= 0.6 is 0 Å². The fourth-order valence-corrected chi connectivity index (χ4v) is 5.73. The first-order chi connectivity index (χ1) is 12.1. The smallest absolute Gasteiger partial charge is 0.337 e. The molecule has 2 saturated carbocycles. The normalized spacial score (nSPS) is 32.0. The van der Waals surface area contributed by atoms with Crippen molar-refractivity contribution in [3.05, 3.63) is 65.0 Å². The Kier molecular flexibility index (Phi) is 3.18. The highest BCUT2D eigenvalue weighted by Crippen LogP contribution is 2.64. The molecule has 2 N–H and O–H groups in total. The quantitative estimate of drug-likeness (QED) is 0.826. The topological polar surface area (TPSA) is 49.3 Å².